The second-order valence-corrected chi connectivity index (χ2v) is 4.71. The van der Waals surface area contributed by atoms with Crippen molar-refractivity contribution in [2.45, 2.75) is 19.4 Å². The van der Waals surface area contributed by atoms with E-state index < -0.39 is 5.97 Å². The Kier molecular flexibility index (Phi) is 3.88. The highest BCUT2D eigenvalue weighted by Gasteiger charge is 2.11. The molecule has 2 N–H and O–H groups in total. The number of nitrogens with zero attached hydrogens (tertiary/aromatic N) is 2. The molecule has 1 atom stereocenters. The molecule has 0 radical (unpaired) electrons. The summed E-state index contributed by atoms with van der Waals surface area (Å²) in [4.78, 5) is 11.9. The summed E-state index contributed by atoms with van der Waals surface area (Å²) < 4.78 is 0. The summed E-state index contributed by atoms with van der Waals surface area (Å²) >= 11 is 1.68. The number of carboxylic acid groups (broad SMARTS) is 1. The Hall–Kier alpha value is -1.95. The van der Waals surface area contributed by atoms with Gasteiger partial charge in [-0.2, -0.15) is 0 Å². The predicted molar refractivity (Wildman–Crippen MR) is 70.0 cm³/mol. The molecule has 2 heterocycles. The molecule has 0 saturated heterocycles. The Morgan fingerprint density at radius 1 is 1.44 bits per heavy atom. The predicted octanol–water partition coefficient (Wildman–Crippen LogP) is 2.80. The maximum absolute atomic E-state index is 10.7. The van der Waals surface area contributed by atoms with E-state index in [-0.39, 0.29) is 11.7 Å². The number of nitrogens with one attached hydrogen (secondary N) is 1. The van der Waals surface area contributed by atoms with Crippen LogP contribution in [0.15, 0.2) is 29.6 Å². The van der Waals surface area contributed by atoms with Crippen LogP contribution in [-0.4, -0.2) is 21.3 Å². The molecule has 0 saturated carbocycles. The fourth-order valence-corrected chi connectivity index (χ4v) is 2.43. The lowest BCUT2D eigenvalue weighted by molar-refractivity contribution is 0.0689. The maximum Gasteiger partial charge on any atom is 0.356 e. The highest BCUT2D eigenvalue weighted by atomic mass is 32.1. The zero-order chi connectivity index (χ0) is 13.0. The normalized spacial score (nSPS) is 12.1. The largest absolute Gasteiger partial charge is 0.476 e. The zero-order valence-electron chi connectivity index (χ0n) is 9.83. The lowest BCUT2D eigenvalue weighted by atomic mass is 10.2. The molecule has 0 aliphatic carbocycles. The van der Waals surface area contributed by atoms with Gasteiger partial charge in [-0.05, 0) is 30.0 Å². The molecule has 0 aliphatic rings. The van der Waals surface area contributed by atoms with Crippen molar-refractivity contribution in [2.75, 3.05) is 5.32 Å². The number of anilines is 1. The molecule has 0 fully saturated rings. The molecule has 1 unspecified atom stereocenters. The van der Waals surface area contributed by atoms with E-state index in [0.29, 0.717) is 5.82 Å². The van der Waals surface area contributed by atoms with Crippen molar-refractivity contribution in [3.8, 4) is 0 Å². The second kappa shape index (κ2) is 5.59. The average molecular weight is 263 g/mol. The Labute approximate surface area is 109 Å². The van der Waals surface area contributed by atoms with Crippen LogP contribution in [-0.2, 0) is 0 Å². The minimum atomic E-state index is -1.07. The highest BCUT2D eigenvalue weighted by molar-refractivity contribution is 7.10. The summed E-state index contributed by atoms with van der Waals surface area (Å²) in [5.74, 6) is -0.486. The number of carbonyl (C=O) groups is 1. The van der Waals surface area contributed by atoms with E-state index in [4.69, 9.17) is 5.11 Å². The lowest BCUT2D eigenvalue weighted by Gasteiger charge is -2.15. The van der Waals surface area contributed by atoms with Gasteiger partial charge in [0.25, 0.3) is 0 Å². The number of aromatic nitrogens is 2. The van der Waals surface area contributed by atoms with Gasteiger partial charge in [0.1, 0.15) is 5.82 Å². The number of aromatic carboxylic acids is 1. The van der Waals surface area contributed by atoms with Gasteiger partial charge < -0.3 is 10.4 Å². The number of carboxylic acids is 1. The van der Waals surface area contributed by atoms with E-state index in [1.807, 2.05) is 11.4 Å². The monoisotopic (exact) mass is 263 g/mol. The molecule has 94 valence electrons. The quantitative estimate of drug-likeness (QED) is 0.867. The van der Waals surface area contributed by atoms with Crippen LogP contribution in [0.2, 0.25) is 0 Å². The summed E-state index contributed by atoms with van der Waals surface area (Å²) in [6.07, 6.45) is 0.920. The van der Waals surface area contributed by atoms with Gasteiger partial charge in [0.05, 0.1) is 6.04 Å². The van der Waals surface area contributed by atoms with E-state index >= 15 is 0 Å². The molecular formula is C12H13N3O2S. The van der Waals surface area contributed by atoms with Gasteiger partial charge in [-0.3, -0.25) is 0 Å². The molecular weight excluding hydrogens is 250 g/mol. The second-order valence-electron chi connectivity index (χ2n) is 3.73. The standard InChI is InChI=1S/C12H13N3O2S/c1-2-8(10-4-3-7-18-10)13-11-6-5-9(12(16)17)14-15-11/h3-8H,2H2,1H3,(H,13,15)(H,16,17). The minimum absolute atomic E-state index is 0.0512. The van der Waals surface area contributed by atoms with Crippen LogP contribution in [0.25, 0.3) is 0 Å². The molecule has 2 aromatic heterocycles. The molecule has 0 spiro atoms. The van der Waals surface area contributed by atoms with Gasteiger partial charge in [-0.25, -0.2) is 4.79 Å². The molecule has 0 bridgehead atoms. The topological polar surface area (TPSA) is 75.1 Å². The van der Waals surface area contributed by atoms with Crippen LogP contribution in [0, 0.1) is 0 Å². The van der Waals surface area contributed by atoms with Crippen LogP contribution < -0.4 is 5.32 Å². The van der Waals surface area contributed by atoms with Gasteiger partial charge in [0, 0.05) is 4.88 Å². The summed E-state index contributed by atoms with van der Waals surface area (Å²) in [5, 5.41) is 21.5. The number of hydrogen-bond donors (Lipinski definition) is 2. The smallest absolute Gasteiger partial charge is 0.356 e. The maximum atomic E-state index is 10.7. The van der Waals surface area contributed by atoms with Crippen molar-refractivity contribution in [1.29, 1.82) is 0 Å². The van der Waals surface area contributed by atoms with Crippen molar-refractivity contribution in [3.63, 3.8) is 0 Å². The molecule has 0 amide bonds. The fourth-order valence-electron chi connectivity index (χ4n) is 1.57. The Balaban J connectivity index is 2.10. The number of hydrogen-bond acceptors (Lipinski definition) is 5. The molecule has 0 aliphatic heterocycles. The van der Waals surface area contributed by atoms with Gasteiger partial charge in [0.2, 0.25) is 0 Å². The van der Waals surface area contributed by atoms with E-state index in [9.17, 15) is 4.79 Å². The first-order valence-electron chi connectivity index (χ1n) is 5.57. The summed E-state index contributed by atoms with van der Waals surface area (Å²) in [7, 11) is 0. The Morgan fingerprint density at radius 2 is 2.28 bits per heavy atom. The van der Waals surface area contributed by atoms with Gasteiger partial charge >= 0.3 is 5.97 Å². The van der Waals surface area contributed by atoms with Crippen molar-refractivity contribution < 1.29 is 9.90 Å². The first-order valence-corrected chi connectivity index (χ1v) is 6.45. The molecule has 0 aromatic carbocycles. The lowest BCUT2D eigenvalue weighted by Crippen LogP contribution is -2.11. The van der Waals surface area contributed by atoms with Crippen molar-refractivity contribution in [3.05, 3.63) is 40.2 Å². The average Bonchev–Trinajstić information content (AvgIpc) is 2.90. The van der Waals surface area contributed by atoms with Crippen molar-refractivity contribution in [1.82, 2.24) is 10.2 Å². The zero-order valence-corrected chi connectivity index (χ0v) is 10.6. The van der Waals surface area contributed by atoms with Gasteiger partial charge in [-0.1, -0.05) is 13.0 Å². The Bertz CT molecular complexity index is 511. The molecule has 2 rings (SSSR count). The van der Waals surface area contributed by atoms with E-state index in [1.165, 1.54) is 10.9 Å². The van der Waals surface area contributed by atoms with Crippen LogP contribution in [0.4, 0.5) is 5.82 Å². The van der Waals surface area contributed by atoms with E-state index in [0.717, 1.165) is 6.42 Å². The molecule has 2 aromatic rings. The number of rotatable bonds is 5. The van der Waals surface area contributed by atoms with Crippen LogP contribution >= 0.6 is 11.3 Å². The van der Waals surface area contributed by atoms with E-state index in [1.54, 1.807) is 17.4 Å². The molecule has 18 heavy (non-hydrogen) atoms. The van der Waals surface area contributed by atoms with Gasteiger partial charge in [-0.15, -0.1) is 21.5 Å². The highest BCUT2D eigenvalue weighted by Crippen LogP contribution is 2.25. The fraction of sp³-hybridized carbons (Fsp3) is 0.250. The molecule has 5 nitrogen and oxygen atoms in total. The van der Waals surface area contributed by atoms with Crippen molar-refractivity contribution in [2.24, 2.45) is 0 Å². The van der Waals surface area contributed by atoms with E-state index in [2.05, 4.69) is 28.5 Å². The third kappa shape index (κ3) is 2.84. The number of thiophene rings is 1. The Morgan fingerprint density at radius 3 is 2.78 bits per heavy atom. The minimum Gasteiger partial charge on any atom is -0.476 e. The van der Waals surface area contributed by atoms with Crippen LogP contribution in [0.5, 0.6) is 0 Å². The molecule has 6 heteroatoms. The van der Waals surface area contributed by atoms with Crippen molar-refractivity contribution >= 4 is 23.1 Å². The summed E-state index contributed by atoms with van der Waals surface area (Å²) in [5.41, 5.74) is -0.0512. The summed E-state index contributed by atoms with van der Waals surface area (Å²) in [6.45, 7) is 2.08. The van der Waals surface area contributed by atoms with Gasteiger partial charge in [0.15, 0.2) is 5.69 Å². The third-order valence-corrected chi connectivity index (χ3v) is 3.49. The van der Waals surface area contributed by atoms with Crippen LogP contribution in [0.3, 0.4) is 0 Å². The first-order chi connectivity index (χ1) is 8.70. The first kappa shape index (κ1) is 12.5. The van der Waals surface area contributed by atoms with Crippen LogP contribution in [0.1, 0.15) is 34.8 Å². The third-order valence-electron chi connectivity index (χ3n) is 2.50. The summed E-state index contributed by atoms with van der Waals surface area (Å²) in [6, 6.07) is 7.31. The SMILES string of the molecule is CCC(Nc1ccc(C(=O)O)nn1)c1cccs1.